The van der Waals surface area contributed by atoms with Gasteiger partial charge in [-0.3, -0.25) is 9.98 Å². The van der Waals surface area contributed by atoms with Gasteiger partial charge in [-0.1, -0.05) is 0 Å². The Bertz CT molecular complexity index is 446. The summed E-state index contributed by atoms with van der Waals surface area (Å²) in [5, 5.41) is 0. The summed E-state index contributed by atoms with van der Waals surface area (Å²) in [6.07, 6.45) is 5.06. The molecule has 2 fully saturated rings. The summed E-state index contributed by atoms with van der Waals surface area (Å²) >= 11 is 0. The average molecular weight is 320 g/mol. The van der Waals surface area contributed by atoms with Gasteiger partial charge in [0.25, 0.3) is 0 Å². The van der Waals surface area contributed by atoms with Crippen LogP contribution in [0.3, 0.4) is 0 Å². The Hall–Kier alpha value is -1.46. The first-order valence-electron chi connectivity index (χ1n) is 9.34. The fraction of sp³-hybridized carbons (Fsp3) is 0.882. The summed E-state index contributed by atoms with van der Waals surface area (Å²) in [5.74, 6) is 2.48. The average Bonchev–Trinajstić information content (AvgIpc) is 2.62. The first-order valence-corrected chi connectivity index (χ1v) is 9.34. The zero-order chi connectivity index (χ0) is 16.1. The van der Waals surface area contributed by atoms with Crippen molar-refractivity contribution in [2.75, 3.05) is 66.0 Å². The molecule has 4 heterocycles. The van der Waals surface area contributed by atoms with Gasteiger partial charge in [-0.25, -0.2) is 0 Å². The number of hydrogen-bond donors (Lipinski definition) is 0. The largest absolute Gasteiger partial charge is 0.346 e. The van der Waals surface area contributed by atoms with Crippen LogP contribution >= 0.6 is 0 Å². The minimum Gasteiger partial charge on any atom is -0.346 e. The fourth-order valence-electron chi connectivity index (χ4n) is 3.82. The van der Waals surface area contributed by atoms with E-state index in [-0.39, 0.29) is 0 Å². The molecule has 0 bridgehead atoms. The molecule has 0 aliphatic carbocycles. The summed E-state index contributed by atoms with van der Waals surface area (Å²) in [6.45, 7) is 12.6. The minimum atomic E-state index is 1.02. The quantitative estimate of drug-likeness (QED) is 0.727. The Labute approximate surface area is 140 Å². The lowest BCUT2D eigenvalue weighted by Crippen LogP contribution is -2.52. The lowest BCUT2D eigenvalue weighted by Gasteiger charge is -2.40. The van der Waals surface area contributed by atoms with E-state index in [0.29, 0.717) is 0 Å². The van der Waals surface area contributed by atoms with Gasteiger partial charge in [-0.2, -0.15) is 0 Å². The van der Waals surface area contributed by atoms with Gasteiger partial charge in [0.1, 0.15) is 0 Å². The van der Waals surface area contributed by atoms with E-state index in [1.54, 1.807) is 0 Å². The Kier molecular flexibility index (Phi) is 5.62. The second kappa shape index (κ2) is 7.88. The maximum absolute atomic E-state index is 4.57. The molecule has 0 aromatic rings. The highest BCUT2D eigenvalue weighted by Crippen LogP contribution is 2.13. The van der Waals surface area contributed by atoms with Gasteiger partial charge >= 0.3 is 0 Å². The number of rotatable bonds is 1. The monoisotopic (exact) mass is 320 g/mol. The summed E-state index contributed by atoms with van der Waals surface area (Å²) < 4.78 is 0. The van der Waals surface area contributed by atoms with Gasteiger partial charge in [0.15, 0.2) is 11.9 Å². The zero-order valence-corrected chi connectivity index (χ0v) is 14.9. The lowest BCUT2D eigenvalue weighted by molar-refractivity contribution is 0.250. The van der Waals surface area contributed by atoms with Crippen molar-refractivity contribution in [1.82, 2.24) is 19.6 Å². The summed E-state index contributed by atoms with van der Waals surface area (Å²) in [5.41, 5.74) is 0. The smallest absolute Gasteiger partial charge is 0.196 e. The number of nitrogens with zero attached hydrogens (tertiary/aromatic N) is 6. The normalized spacial score (nSPS) is 24.1. The molecule has 2 saturated heterocycles. The second-order valence-electron chi connectivity index (χ2n) is 6.75. The molecular formula is C17H32N6. The highest BCUT2D eigenvalue weighted by molar-refractivity contribution is 5.81. The molecule has 0 spiro atoms. The van der Waals surface area contributed by atoms with E-state index in [1.807, 2.05) is 0 Å². The summed E-state index contributed by atoms with van der Waals surface area (Å²) in [4.78, 5) is 18.6. The molecule has 0 N–H and O–H groups in total. The standard InChI is InChI=1S/C9H17N3.C8H15N3/c1-2-11-7-4-8-12-6-3-5-10-9(11)12;1-10-5-3-7-11-6-2-4-9-8(10)11/h2-8H2,1H3;2-7H2,1H3. The zero-order valence-electron chi connectivity index (χ0n) is 14.9. The van der Waals surface area contributed by atoms with Gasteiger partial charge in [0, 0.05) is 66.0 Å². The molecule has 4 aliphatic rings. The van der Waals surface area contributed by atoms with Crippen molar-refractivity contribution < 1.29 is 0 Å². The maximum atomic E-state index is 4.57. The predicted octanol–water partition coefficient (Wildman–Crippen LogP) is 1.16. The van der Waals surface area contributed by atoms with E-state index >= 15 is 0 Å². The van der Waals surface area contributed by atoms with Crippen molar-refractivity contribution in [1.29, 1.82) is 0 Å². The van der Waals surface area contributed by atoms with Gasteiger partial charge in [-0.15, -0.1) is 0 Å². The number of aliphatic imine (C=N–C) groups is 2. The summed E-state index contributed by atoms with van der Waals surface area (Å²) in [7, 11) is 2.14. The number of fused-ring (bicyclic) bond motifs is 2. The second-order valence-corrected chi connectivity index (χ2v) is 6.75. The highest BCUT2D eigenvalue weighted by atomic mass is 15.4. The van der Waals surface area contributed by atoms with Gasteiger partial charge in [0.2, 0.25) is 0 Å². The Morgan fingerprint density at radius 2 is 1.30 bits per heavy atom. The van der Waals surface area contributed by atoms with Crippen LogP contribution in [0.15, 0.2) is 9.98 Å². The molecule has 0 atom stereocenters. The molecule has 0 radical (unpaired) electrons. The van der Waals surface area contributed by atoms with E-state index in [1.165, 1.54) is 76.9 Å². The van der Waals surface area contributed by atoms with E-state index in [4.69, 9.17) is 0 Å². The van der Waals surface area contributed by atoms with E-state index in [2.05, 4.69) is 43.6 Å². The SMILES string of the molecule is CCN1CCCN2CCCN=C12.CN1CCCN2CCCN=C12. The molecular weight excluding hydrogens is 288 g/mol. The van der Waals surface area contributed by atoms with Gasteiger partial charge in [-0.05, 0) is 32.6 Å². The highest BCUT2D eigenvalue weighted by Gasteiger charge is 2.24. The third-order valence-corrected chi connectivity index (χ3v) is 5.03. The number of guanidine groups is 2. The molecule has 0 amide bonds. The third kappa shape index (κ3) is 3.90. The van der Waals surface area contributed by atoms with Crippen LogP contribution in [-0.2, 0) is 0 Å². The molecule has 0 saturated carbocycles. The third-order valence-electron chi connectivity index (χ3n) is 5.03. The van der Waals surface area contributed by atoms with Crippen molar-refractivity contribution in [2.45, 2.75) is 32.6 Å². The van der Waals surface area contributed by atoms with Crippen LogP contribution in [-0.4, -0.2) is 97.5 Å². The molecule has 130 valence electrons. The topological polar surface area (TPSA) is 37.7 Å². The van der Waals surface area contributed by atoms with Crippen molar-refractivity contribution >= 4 is 11.9 Å². The van der Waals surface area contributed by atoms with Crippen LogP contribution in [0.2, 0.25) is 0 Å². The molecule has 4 aliphatic heterocycles. The van der Waals surface area contributed by atoms with Crippen LogP contribution in [0.1, 0.15) is 32.6 Å². The maximum Gasteiger partial charge on any atom is 0.196 e. The lowest BCUT2D eigenvalue weighted by atomic mass is 10.2. The van der Waals surface area contributed by atoms with Crippen LogP contribution < -0.4 is 0 Å². The molecule has 23 heavy (non-hydrogen) atoms. The Balaban J connectivity index is 0.000000136. The molecule has 4 rings (SSSR count). The minimum absolute atomic E-state index is 1.02. The van der Waals surface area contributed by atoms with Gasteiger partial charge in [0.05, 0.1) is 0 Å². The summed E-state index contributed by atoms with van der Waals surface area (Å²) in [6, 6.07) is 0. The first-order chi connectivity index (χ1) is 11.3. The van der Waals surface area contributed by atoms with E-state index in [0.717, 1.165) is 19.6 Å². The molecule has 6 heteroatoms. The van der Waals surface area contributed by atoms with Crippen molar-refractivity contribution in [3.8, 4) is 0 Å². The fourth-order valence-corrected chi connectivity index (χ4v) is 3.82. The molecule has 0 unspecified atom stereocenters. The van der Waals surface area contributed by atoms with Crippen molar-refractivity contribution in [2.24, 2.45) is 9.98 Å². The van der Waals surface area contributed by atoms with Crippen LogP contribution in [0, 0.1) is 0 Å². The molecule has 0 aromatic carbocycles. The van der Waals surface area contributed by atoms with E-state index < -0.39 is 0 Å². The molecule has 0 aromatic heterocycles. The first kappa shape index (κ1) is 16.4. The van der Waals surface area contributed by atoms with Crippen molar-refractivity contribution in [3.63, 3.8) is 0 Å². The van der Waals surface area contributed by atoms with Crippen LogP contribution in [0.25, 0.3) is 0 Å². The van der Waals surface area contributed by atoms with Crippen LogP contribution in [0.4, 0.5) is 0 Å². The van der Waals surface area contributed by atoms with E-state index in [9.17, 15) is 0 Å². The Morgan fingerprint density at radius 1 is 0.739 bits per heavy atom. The number of hydrogen-bond acceptors (Lipinski definition) is 6. The van der Waals surface area contributed by atoms with Gasteiger partial charge < -0.3 is 19.6 Å². The van der Waals surface area contributed by atoms with Crippen molar-refractivity contribution in [3.05, 3.63) is 0 Å². The Morgan fingerprint density at radius 3 is 1.96 bits per heavy atom. The predicted molar refractivity (Wildman–Crippen MR) is 96.1 cm³/mol. The van der Waals surface area contributed by atoms with Crippen LogP contribution in [0.5, 0.6) is 0 Å². The molecule has 6 nitrogen and oxygen atoms in total.